The lowest BCUT2D eigenvalue weighted by Gasteiger charge is -2.48. The van der Waals surface area contributed by atoms with E-state index in [2.05, 4.69) is 39.1 Å². The number of carbonyl (C=O) groups is 1. The Morgan fingerprint density at radius 1 is 1.15 bits per heavy atom. The summed E-state index contributed by atoms with van der Waals surface area (Å²) in [5.41, 5.74) is 3.64. The zero-order chi connectivity index (χ0) is 18.3. The summed E-state index contributed by atoms with van der Waals surface area (Å²) in [5.74, 6) is 0.919. The Morgan fingerprint density at radius 3 is 2.70 bits per heavy atom. The predicted octanol–water partition coefficient (Wildman–Crippen LogP) is 2.88. The number of fused-ring (bicyclic) bond motifs is 2. The highest BCUT2D eigenvalue weighted by atomic mass is 16.2. The van der Waals surface area contributed by atoms with E-state index in [4.69, 9.17) is 0 Å². The molecule has 0 N–H and O–H groups in total. The van der Waals surface area contributed by atoms with Crippen molar-refractivity contribution in [1.29, 1.82) is 0 Å². The van der Waals surface area contributed by atoms with E-state index >= 15 is 0 Å². The van der Waals surface area contributed by atoms with Gasteiger partial charge in [0.15, 0.2) is 0 Å². The molecule has 1 aliphatic carbocycles. The van der Waals surface area contributed by atoms with Crippen LogP contribution in [0.25, 0.3) is 0 Å². The molecule has 5 rings (SSSR count). The number of nitrogens with zero attached hydrogens (tertiary/aromatic N) is 4. The third-order valence-corrected chi connectivity index (χ3v) is 6.51. The summed E-state index contributed by atoms with van der Waals surface area (Å²) in [4.78, 5) is 25.6. The van der Waals surface area contributed by atoms with Crippen LogP contribution in [0.5, 0.6) is 0 Å². The number of benzene rings is 1. The molecule has 1 aromatic carbocycles. The number of hydrogen-bond acceptors (Lipinski definition) is 4. The summed E-state index contributed by atoms with van der Waals surface area (Å²) < 4.78 is 0. The van der Waals surface area contributed by atoms with Gasteiger partial charge in [0.25, 0.3) is 5.91 Å². The van der Waals surface area contributed by atoms with E-state index in [1.54, 1.807) is 18.6 Å². The number of amides is 1. The van der Waals surface area contributed by atoms with Crippen molar-refractivity contribution in [3.8, 4) is 0 Å². The zero-order valence-corrected chi connectivity index (χ0v) is 15.7. The molecule has 0 bridgehead atoms. The molecule has 0 unspecified atom stereocenters. The largest absolute Gasteiger partial charge is 0.337 e. The molecule has 2 fully saturated rings. The van der Waals surface area contributed by atoms with Gasteiger partial charge < -0.3 is 4.90 Å². The third-order valence-electron chi connectivity index (χ3n) is 6.51. The van der Waals surface area contributed by atoms with Crippen molar-refractivity contribution in [3.05, 3.63) is 59.7 Å². The number of carbonyl (C=O) groups excluding carboxylic acids is 1. The van der Waals surface area contributed by atoms with Crippen LogP contribution in [-0.4, -0.2) is 51.9 Å². The Bertz CT molecular complexity index is 825. The molecule has 0 radical (unpaired) electrons. The van der Waals surface area contributed by atoms with Crippen molar-refractivity contribution >= 4 is 5.91 Å². The maximum Gasteiger partial charge on any atom is 0.274 e. The maximum absolute atomic E-state index is 12.7. The lowest BCUT2D eigenvalue weighted by atomic mass is 9.68. The van der Waals surface area contributed by atoms with Gasteiger partial charge in [-0.3, -0.25) is 14.7 Å². The SMILES string of the molecule is O=C(c1cnccn1)N1CCC2(CC1)CN(CC1CC1)Cc1ccccc12. The second-order valence-electron chi connectivity index (χ2n) is 8.43. The van der Waals surface area contributed by atoms with E-state index in [0.717, 1.165) is 44.9 Å². The van der Waals surface area contributed by atoms with E-state index in [-0.39, 0.29) is 11.3 Å². The van der Waals surface area contributed by atoms with Gasteiger partial charge in [-0.1, -0.05) is 24.3 Å². The van der Waals surface area contributed by atoms with Crippen LogP contribution in [-0.2, 0) is 12.0 Å². The highest BCUT2D eigenvalue weighted by Gasteiger charge is 2.43. The van der Waals surface area contributed by atoms with Crippen LogP contribution < -0.4 is 0 Å². The minimum atomic E-state index is 0.0110. The molecule has 1 spiro atoms. The van der Waals surface area contributed by atoms with Gasteiger partial charge in [-0.05, 0) is 42.7 Å². The first-order chi connectivity index (χ1) is 13.2. The normalized spacial score (nSPS) is 21.9. The molecule has 1 saturated heterocycles. The summed E-state index contributed by atoms with van der Waals surface area (Å²) in [6, 6.07) is 8.96. The summed E-state index contributed by atoms with van der Waals surface area (Å²) in [6.45, 7) is 5.03. The molecule has 1 aromatic heterocycles. The van der Waals surface area contributed by atoms with Crippen molar-refractivity contribution in [2.24, 2.45) is 5.92 Å². The molecule has 5 heteroatoms. The van der Waals surface area contributed by atoms with Crippen molar-refractivity contribution in [1.82, 2.24) is 19.8 Å². The second kappa shape index (κ2) is 6.71. The van der Waals surface area contributed by atoms with Crippen molar-refractivity contribution < 1.29 is 4.79 Å². The molecule has 3 heterocycles. The van der Waals surface area contributed by atoms with Crippen molar-refractivity contribution in [2.45, 2.75) is 37.6 Å². The van der Waals surface area contributed by atoms with Crippen LogP contribution in [0, 0.1) is 5.92 Å². The van der Waals surface area contributed by atoms with Gasteiger partial charge in [0, 0.05) is 50.5 Å². The summed E-state index contributed by atoms with van der Waals surface area (Å²) in [5, 5.41) is 0. The van der Waals surface area contributed by atoms with E-state index in [9.17, 15) is 4.79 Å². The molecule has 5 nitrogen and oxygen atoms in total. The molecule has 140 valence electrons. The lowest BCUT2D eigenvalue weighted by molar-refractivity contribution is 0.0584. The average molecular weight is 362 g/mol. The Hall–Kier alpha value is -2.27. The smallest absolute Gasteiger partial charge is 0.274 e. The fourth-order valence-corrected chi connectivity index (χ4v) is 4.92. The number of likely N-dealkylation sites (tertiary alicyclic amines) is 1. The van der Waals surface area contributed by atoms with Gasteiger partial charge in [-0.2, -0.15) is 0 Å². The van der Waals surface area contributed by atoms with Crippen molar-refractivity contribution in [2.75, 3.05) is 26.2 Å². The maximum atomic E-state index is 12.7. The fourth-order valence-electron chi connectivity index (χ4n) is 4.92. The van der Waals surface area contributed by atoms with E-state index in [0.29, 0.717) is 5.69 Å². The van der Waals surface area contributed by atoms with Crippen LogP contribution in [0.4, 0.5) is 0 Å². The average Bonchev–Trinajstić information content (AvgIpc) is 3.53. The van der Waals surface area contributed by atoms with E-state index < -0.39 is 0 Å². The van der Waals surface area contributed by atoms with Crippen LogP contribution >= 0.6 is 0 Å². The monoisotopic (exact) mass is 362 g/mol. The summed E-state index contributed by atoms with van der Waals surface area (Å²) in [7, 11) is 0. The topological polar surface area (TPSA) is 49.3 Å². The van der Waals surface area contributed by atoms with Gasteiger partial charge >= 0.3 is 0 Å². The number of hydrogen-bond donors (Lipinski definition) is 0. The third kappa shape index (κ3) is 3.25. The Kier molecular flexibility index (Phi) is 4.20. The molecule has 2 aromatic rings. The lowest BCUT2D eigenvalue weighted by Crippen LogP contribution is -2.53. The van der Waals surface area contributed by atoms with Gasteiger partial charge in [0.2, 0.25) is 0 Å². The highest BCUT2D eigenvalue weighted by Crippen LogP contribution is 2.43. The fraction of sp³-hybridized carbons (Fsp3) is 0.500. The van der Waals surface area contributed by atoms with Crippen LogP contribution in [0.15, 0.2) is 42.9 Å². The first-order valence-electron chi connectivity index (χ1n) is 10.1. The second-order valence-corrected chi connectivity index (χ2v) is 8.43. The molecule has 27 heavy (non-hydrogen) atoms. The van der Waals surface area contributed by atoms with Crippen LogP contribution in [0.3, 0.4) is 0 Å². The first kappa shape index (κ1) is 16.9. The van der Waals surface area contributed by atoms with Crippen LogP contribution in [0.1, 0.15) is 47.3 Å². The van der Waals surface area contributed by atoms with Crippen LogP contribution in [0.2, 0.25) is 0 Å². The minimum Gasteiger partial charge on any atom is -0.337 e. The summed E-state index contributed by atoms with van der Waals surface area (Å²) >= 11 is 0. The Morgan fingerprint density at radius 2 is 1.96 bits per heavy atom. The van der Waals surface area contributed by atoms with E-state index in [1.165, 1.54) is 30.5 Å². The Labute approximate surface area is 160 Å². The quantitative estimate of drug-likeness (QED) is 0.842. The molecule has 0 atom stereocenters. The first-order valence-corrected chi connectivity index (χ1v) is 10.1. The number of aromatic nitrogens is 2. The molecule has 3 aliphatic rings. The zero-order valence-electron chi connectivity index (χ0n) is 15.7. The van der Waals surface area contributed by atoms with Gasteiger partial charge in [0.05, 0.1) is 6.20 Å². The summed E-state index contributed by atoms with van der Waals surface area (Å²) in [6.07, 6.45) is 9.60. The number of piperidine rings is 1. The molecule has 1 amide bonds. The van der Waals surface area contributed by atoms with Gasteiger partial charge in [0.1, 0.15) is 5.69 Å². The predicted molar refractivity (Wildman–Crippen MR) is 103 cm³/mol. The van der Waals surface area contributed by atoms with Gasteiger partial charge in [-0.15, -0.1) is 0 Å². The standard InChI is InChI=1S/C22H26N4O/c27-21(20-13-23-9-10-24-20)26-11-7-22(8-12-26)16-25(14-17-5-6-17)15-18-3-1-2-4-19(18)22/h1-4,9-10,13,17H,5-8,11-12,14-16H2. The van der Waals surface area contributed by atoms with E-state index in [1.807, 2.05) is 4.90 Å². The Balaban J connectivity index is 1.36. The molecular formula is C22H26N4O. The molecular weight excluding hydrogens is 336 g/mol. The van der Waals surface area contributed by atoms with Gasteiger partial charge in [-0.25, -0.2) is 4.98 Å². The molecule has 2 aliphatic heterocycles. The number of rotatable bonds is 3. The minimum absolute atomic E-state index is 0.0110. The van der Waals surface area contributed by atoms with Crippen molar-refractivity contribution in [3.63, 3.8) is 0 Å². The molecule has 1 saturated carbocycles. The highest BCUT2D eigenvalue weighted by molar-refractivity contribution is 5.92.